The fourth-order valence-corrected chi connectivity index (χ4v) is 2.77. The summed E-state index contributed by atoms with van der Waals surface area (Å²) < 4.78 is 19.8. The van der Waals surface area contributed by atoms with E-state index in [1.54, 1.807) is 12.5 Å². The lowest BCUT2D eigenvalue weighted by Crippen LogP contribution is -2.46. The minimum Gasteiger partial charge on any atom is -0.449 e. The highest BCUT2D eigenvalue weighted by molar-refractivity contribution is 9.10. The maximum Gasteiger partial charge on any atom is 0.191 e. The molecule has 2 aromatic heterocycles. The van der Waals surface area contributed by atoms with Gasteiger partial charge in [0, 0.05) is 50.3 Å². The van der Waals surface area contributed by atoms with Gasteiger partial charge in [0.1, 0.15) is 6.26 Å². The molecule has 2 aromatic rings. The van der Waals surface area contributed by atoms with Gasteiger partial charge in [0.15, 0.2) is 17.5 Å². The van der Waals surface area contributed by atoms with Crippen LogP contribution in [0.2, 0.25) is 0 Å². The number of anilines is 1. The molecule has 3 rings (SSSR count). The van der Waals surface area contributed by atoms with E-state index < -0.39 is 0 Å². The van der Waals surface area contributed by atoms with Crippen molar-refractivity contribution in [2.45, 2.75) is 13.5 Å². The maximum absolute atomic E-state index is 13.9. The van der Waals surface area contributed by atoms with E-state index in [2.05, 4.69) is 30.8 Å². The lowest BCUT2D eigenvalue weighted by molar-refractivity contribution is 0.245. The number of hydrogen-bond acceptors (Lipinski definition) is 5. The van der Waals surface area contributed by atoms with Crippen LogP contribution in [0.1, 0.15) is 11.6 Å². The molecule has 0 atom stereocenters. The van der Waals surface area contributed by atoms with Crippen LogP contribution in [-0.4, -0.2) is 41.0 Å². The maximum atomic E-state index is 13.9. The molecule has 1 aliphatic heterocycles. The van der Waals surface area contributed by atoms with Crippen molar-refractivity contribution in [2.75, 3.05) is 31.1 Å². The van der Waals surface area contributed by atoms with E-state index in [0.717, 1.165) is 38.4 Å². The zero-order valence-electron chi connectivity index (χ0n) is 11.7. The van der Waals surface area contributed by atoms with E-state index in [4.69, 9.17) is 4.42 Å². The van der Waals surface area contributed by atoms with E-state index in [-0.39, 0.29) is 5.82 Å². The number of piperazine rings is 1. The molecule has 1 aliphatic rings. The standard InChI is InChI=1S/C14H16BrFN4O/c1-10-18-12(9-21-10)8-19-2-4-20(5-3-19)14-13(16)6-11(15)7-17-14/h6-7,9H,2-5,8H2,1H3. The number of aromatic nitrogens is 2. The molecule has 0 unspecified atom stereocenters. The zero-order chi connectivity index (χ0) is 14.8. The molecule has 1 fully saturated rings. The molecule has 0 bridgehead atoms. The summed E-state index contributed by atoms with van der Waals surface area (Å²) in [6.45, 7) is 5.81. The number of halogens is 2. The van der Waals surface area contributed by atoms with Crippen molar-refractivity contribution in [1.29, 1.82) is 0 Å². The Morgan fingerprint density at radius 2 is 2.10 bits per heavy atom. The molecule has 7 heteroatoms. The highest BCUT2D eigenvalue weighted by Gasteiger charge is 2.21. The Hall–Kier alpha value is -1.47. The molecule has 0 aliphatic carbocycles. The van der Waals surface area contributed by atoms with Gasteiger partial charge in [0.25, 0.3) is 0 Å². The first-order valence-corrected chi connectivity index (χ1v) is 7.60. The molecule has 0 spiro atoms. The zero-order valence-corrected chi connectivity index (χ0v) is 13.3. The summed E-state index contributed by atoms with van der Waals surface area (Å²) in [5, 5.41) is 0. The summed E-state index contributed by atoms with van der Waals surface area (Å²) in [5.41, 5.74) is 0.939. The van der Waals surface area contributed by atoms with Gasteiger partial charge >= 0.3 is 0 Å². The average Bonchev–Trinajstić information content (AvgIpc) is 2.85. The molecule has 0 saturated carbocycles. The summed E-state index contributed by atoms with van der Waals surface area (Å²) in [6.07, 6.45) is 3.32. The SMILES string of the molecule is Cc1nc(CN2CCN(c3ncc(Br)cc3F)CC2)co1. The molecule has 0 radical (unpaired) electrons. The summed E-state index contributed by atoms with van der Waals surface area (Å²) in [6, 6.07) is 1.45. The van der Waals surface area contributed by atoms with Gasteiger partial charge in [0.2, 0.25) is 0 Å². The van der Waals surface area contributed by atoms with Crippen molar-refractivity contribution in [2.24, 2.45) is 0 Å². The first-order chi connectivity index (χ1) is 10.1. The third-order valence-electron chi connectivity index (χ3n) is 3.51. The quantitative estimate of drug-likeness (QED) is 0.847. The molecule has 0 amide bonds. The van der Waals surface area contributed by atoms with Gasteiger partial charge in [-0.1, -0.05) is 0 Å². The van der Waals surface area contributed by atoms with Crippen LogP contribution < -0.4 is 4.90 Å². The van der Waals surface area contributed by atoms with Crippen LogP contribution >= 0.6 is 15.9 Å². The van der Waals surface area contributed by atoms with Crippen molar-refractivity contribution in [3.8, 4) is 0 Å². The summed E-state index contributed by atoms with van der Waals surface area (Å²) in [4.78, 5) is 12.7. The normalized spacial score (nSPS) is 16.4. The Bertz CT molecular complexity index is 625. The molecule has 5 nitrogen and oxygen atoms in total. The molecular weight excluding hydrogens is 339 g/mol. The number of aryl methyl sites for hydroxylation is 1. The number of pyridine rings is 1. The lowest BCUT2D eigenvalue weighted by atomic mass is 10.3. The first-order valence-electron chi connectivity index (χ1n) is 6.81. The van der Waals surface area contributed by atoms with Crippen LogP contribution in [0.25, 0.3) is 0 Å². The Kier molecular flexibility index (Phi) is 4.21. The summed E-state index contributed by atoms with van der Waals surface area (Å²) in [7, 11) is 0. The molecule has 0 N–H and O–H groups in total. The van der Waals surface area contributed by atoms with Crippen LogP contribution in [0, 0.1) is 12.7 Å². The van der Waals surface area contributed by atoms with E-state index in [9.17, 15) is 4.39 Å². The number of hydrogen-bond donors (Lipinski definition) is 0. The molecule has 0 aromatic carbocycles. The fourth-order valence-electron chi connectivity index (χ4n) is 2.47. The van der Waals surface area contributed by atoms with Gasteiger partial charge in [-0.2, -0.15) is 0 Å². The highest BCUT2D eigenvalue weighted by atomic mass is 79.9. The van der Waals surface area contributed by atoms with Gasteiger partial charge in [-0.15, -0.1) is 0 Å². The molecule has 3 heterocycles. The fraction of sp³-hybridized carbons (Fsp3) is 0.429. The first kappa shape index (κ1) is 14.5. The van der Waals surface area contributed by atoms with Crippen molar-refractivity contribution in [3.63, 3.8) is 0 Å². The van der Waals surface area contributed by atoms with Gasteiger partial charge in [-0.25, -0.2) is 14.4 Å². The van der Waals surface area contributed by atoms with Crippen molar-refractivity contribution in [1.82, 2.24) is 14.9 Å². The van der Waals surface area contributed by atoms with Gasteiger partial charge in [0.05, 0.1) is 5.69 Å². The van der Waals surface area contributed by atoms with Crippen LogP contribution in [-0.2, 0) is 6.54 Å². The Morgan fingerprint density at radius 1 is 1.33 bits per heavy atom. The molecule has 112 valence electrons. The van der Waals surface area contributed by atoms with Crippen LogP contribution in [0.15, 0.2) is 27.4 Å². The smallest absolute Gasteiger partial charge is 0.191 e. The Morgan fingerprint density at radius 3 is 2.71 bits per heavy atom. The molecule has 21 heavy (non-hydrogen) atoms. The van der Waals surface area contributed by atoms with Gasteiger partial charge in [-0.3, -0.25) is 4.90 Å². The second-order valence-electron chi connectivity index (χ2n) is 5.08. The van der Waals surface area contributed by atoms with E-state index in [0.29, 0.717) is 16.2 Å². The summed E-state index contributed by atoms with van der Waals surface area (Å²) in [5.74, 6) is 0.824. The monoisotopic (exact) mass is 354 g/mol. The molecule has 1 saturated heterocycles. The minimum absolute atomic E-state index is 0.287. The topological polar surface area (TPSA) is 45.4 Å². The number of nitrogens with zero attached hydrogens (tertiary/aromatic N) is 4. The predicted octanol–water partition coefficient (Wildman–Crippen LogP) is 2.60. The van der Waals surface area contributed by atoms with Crippen LogP contribution in [0.4, 0.5) is 10.2 Å². The minimum atomic E-state index is -0.287. The van der Waals surface area contributed by atoms with E-state index in [1.165, 1.54) is 6.07 Å². The lowest BCUT2D eigenvalue weighted by Gasteiger charge is -2.35. The highest BCUT2D eigenvalue weighted by Crippen LogP contribution is 2.21. The average molecular weight is 355 g/mol. The van der Waals surface area contributed by atoms with Crippen molar-refractivity contribution < 1.29 is 8.81 Å². The van der Waals surface area contributed by atoms with E-state index in [1.807, 2.05) is 11.8 Å². The van der Waals surface area contributed by atoms with E-state index >= 15 is 0 Å². The molecular formula is C14H16BrFN4O. The van der Waals surface area contributed by atoms with Crippen molar-refractivity contribution >= 4 is 21.7 Å². The Balaban J connectivity index is 1.59. The largest absolute Gasteiger partial charge is 0.449 e. The van der Waals surface area contributed by atoms with Gasteiger partial charge in [-0.05, 0) is 22.0 Å². The van der Waals surface area contributed by atoms with Gasteiger partial charge < -0.3 is 9.32 Å². The number of rotatable bonds is 3. The summed E-state index contributed by atoms with van der Waals surface area (Å²) >= 11 is 3.22. The third kappa shape index (κ3) is 3.41. The number of oxazole rings is 1. The van der Waals surface area contributed by atoms with Crippen LogP contribution in [0.3, 0.4) is 0 Å². The predicted molar refractivity (Wildman–Crippen MR) is 80.6 cm³/mol. The van der Waals surface area contributed by atoms with Crippen LogP contribution in [0.5, 0.6) is 0 Å². The van der Waals surface area contributed by atoms with Crippen molar-refractivity contribution in [3.05, 3.63) is 40.4 Å². The second-order valence-corrected chi connectivity index (χ2v) is 6.00. The third-order valence-corrected chi connectivity index (χ3v) is 3.95. The Labute approximate surface area is 130 Å². The second kappa shape index (κ2) is 6.11.